The van der Waals surface area contributed by atoms with Crippen LogP contribution >= 0.6 is 11.8 Å². The van der Waals surface area contributed by atoms with Gasteiger partial charge in [0.1, 0.15) is 5.54 Å². The highest BCUT2D eigenvalue weighted by Gasteiger charge is 2.43. The topological polar surface area (TPSA) is 66.4 Å². The van der Waals surface area contributed by atoms with E-state index in [2.05, 4.69) is 17.4 Å². The van der Waals surface area contributed by atoms with Gasteiger partial charge in [0.2, 0.25) is 5.91 Å². The molecule has 4 nitrogen and oxygen atoms in total. The van der Waals surface area contributed by atoms with Crippen molar-refractivity contribution in [3.63, 3.8) is 0 Å². The summed E-state index contributed by atoms with van der Waals surface area (Å²) in [6, 6.07) is 20.0. The molecule has 0 saturated carbocycles. The predicted octanol–water partition coefficient (Wildman–Crippen LogP) is 3.48. The highest BCUT2D eigenvalue weighted by molar-refractivity contribution is 7.99. The van der Waals surface area contributed by atoms with Crippen LogP contribution in [-0.2, 0) is 16.0 Å². The number of nitrogens with one attached hydrogen (secondary N) is 1. The molecule has 0 aromatic heterocycles. The van der Waals surface area contributed by atoms with Gasteiger partial charge < -0.3 is 10.4 Å². The van der Waals surface area contributed by atoms with E-state index in [1.807, 2.05) is 48.5 Å². The minimum atomic E-state index is -1.12. The number of amides is 1. The van der Waals surface area contributed by atoms with Gasteiger partial charge in [0.25, 0.3) is 0 Å². The molecule has 0 aliphatic carbocycles. The Balaban J connectivity index is 1.75. The number of benzene rings is 2. The van der Waals surface area contributed by atoms with E-state index in [9.17, 15) is 14.7 Å². The maximum atomic E-state index is 12.7. The molecule has 5 heteroatoms. The van der Waals surface area contributed by atoms with Crippen molar-refractivity contribution in [1.29, 1.82) is 0 Å². The van der Waals surface area contributed by atoms with Crippen LogP contribution in [0.5, 0.6) is 0 Å². The number of carbonyl (C=O) groups excluding carboxylic acids is 1. The molecule has 26 heavy (non-hydrogen) atoms. The third-order valence-electron chi connectivity index (χ3n) is 4.84. The van der Waals surface area contributed by atoms with Crippen molar-refractivity contribution >= 4 is 23.6 Å². The van der Waals surface area contributed by atoms with Gasteiger partial charge in [-0.2, -0.15) is 11.8 Å². The lowest BCUT2D eigenvalue weighted by atomic mass is 9.88. The summed E-state index contributed by atoms with van der Waals surface area (Å²) in [5.41, 5.74) is 1.14. The Hall–Kier alpha value is -2.27. The number of aliphatic carboxylic acids is 1. The van der Waals surface area contributed by atoms with Crippen LogP contribution in [0.1, 0.15) is 29.9 Å². The zero-order valence-electron chi connectivity index (χ0n) is 14.6. The van der Waals surface area contributed by atoms with E-state index in [-0.39, 0.29) is 18.2 Å². The fourth-order valence-electron chi connectivity index (χ4n) is 3.36. The summed E-state index contributed by atoms with van der Waals surface area (Å²) in [6.45, 7) is 0. The third-order valence-corrected chi connectivity index (χ3v) is 6.03. The summed E-state index contributed by atoms with van der Waals surface area (Å²) in [7, 11) is 0. The van der Waals surface area contributed by atoms with Crippen LogP contribution in [0.3, 0.4) is 0 Å². The monoisotopic (exact) mass is 369 g/mol. The molecule has 1 aliphatic heterocycles. The van der Waals surface area contributed by atoms with Crippen molar-refractivity contribution < 1.29 is 14.7 Å². The molecule has 0 radical (unpaired) electrons. The van der Waals surface area contributed by atoms with E-state index in [0.717, 1.165) is 17.7 Å². The summed E-state index contributed by atoms with van der Waals surface area (Å²) in [5, 5.41) is 12.4. The first-order valence-electron chi connectivity index (χ1n) is 8.80. The minimum absolute atomic E-state index is 0.0125. The van der Waals surface area contributed by atoms with E-state index in [1.54, 1.807) is 11.8 Å². The van der Waals surface area contributed by atoms with E-state index in [4.69, 9.17) is 0 Å². The molecule has 2 aromatic carbocycles. The third kappa shape index (κ3) is 4.47. The Bertz CT molecular complexity index is 742. The van der Waals surface area contributed by atoms with Gasteiger partial charge in [0.15, 0.2) is 0 Å². The fourth-order valence-corrected chi connectivity index (χ4v) is 4.68. The van der Waals surface area contributed by atoms with E-state index >= 15 is 0 Å². The average Bonchev–Trinajstić information content (AvgIpc) is 3.12. The first-order valence-corrected chi connectivity index (χ1v) is 9.95. The Morgan fingerprint density at radius 3 is 2.31 bits per heavy atom. The molecule has 1 aliphatic rings. The minimum Gasteiger partial charge on any atom is -0.479 e. The van der Waals surface area contributed by atoms with Gasteiger partial charge in [-0.3, -0.25) is 4.79 Å². The molecule has 2 N–H and O–H groups in total. The standard InChI is InChI=1S/C21H23NO3S/c23-19(22-21(20(24)25)11-12-26-15-21)14-18(17-9-5-2-6-10-17)13-16-7-3-1-4-8-16/h1-10,18H,11-15H2,(H,22,23)(H,24,25). The van der Waals surface area contributed by atoms with E-state index in [0.29, 0.717) is 12.2 Å². The molecule has 2 unspecified atom stereocenters. The largest absolute Gasteiger partial charge is 0.479 e. The fraction of sp³-hybridized carbons (Fsp3) is 0.333. The molecule has 0 spiro atoms. The molecule has 3 rings (SSSR count). The number of carboxylic acid groups (broad SMARTS) is 1. The molecule has 2 atom stereocenters. The Morgan fingerprint density at radius 1 is 1.08 bits per heavy atom. The quantitative estimate of drug-likeness (QED) is 0.784. The zero-order chi connectivity index (χ0) is 18.4. The molecule has 136 valence electrons. The number of carboxylic acids is 1. The Labute approximate surface area is 158 Å². The maximum absolute atomic E-state index is 12.7. The molecular weight excluding hydrogens is 346 g/mol. The van der Waals surface area contributed by atoms with Gasteiger partial charge >= 0.3 is 5.97 Å². The number of hydrogen-bond acceptors (Lipinski definition) is 3. The van der Waals surface area contributed by atoms with Crippen LogP contribution in [0.25, 0.3) is 0 Å². The smallest absolute Gasteiger partial charge is 0.330 e. The summed E-state index contributed by atoms with van der Waals surface area (Å²) in [6.07, 6.45) is 1.50. The highest BCUT2D eigenvalue weighted by atomic mass is 32.2. The van der Waals surface area contributed by atoms with Crippen LogP contribution in [0, 0.1) is 0 Å². The molecule has 0 bridgehead atoms. The second-order valence-corrected chi connectivity index (χ2v) is 7.84. The number of hydrogen-bond donors (Lipinski definition) is 2. The van der Waals surface area contributed by atoms with E-state index in [1.165, 1.54) is 5.56 Å². The molecule has 1 heterocycles. The SMILES string of the molecule is O=C(CC(Cc1ccccc1)c1ccccc1)NC1(C(=O)O)CCSC1. The van der Waals surface area contributed by atoms with Gasteiger partial charge in [-0.15, -0.1) is 0 Å². The van der Waals surface area contributed by atoms with Crippen LogP contribution in [0.2, 0.25) is 0 Å². The van der Waals surface area contributed by atoms with Gasteiger partial charge in [-0.05, 0) is 35.6 Å². The summed E-state index contributed by atoms with van der Waals surface area (Å²) < 4.78 is 0. The van der Waals surface area contributed by atoms with Gasteiger partial charge in [-0.1, -0.05) is 60.7 Å². The van der Waals surface area contributed by atoms with Crippen molar-refractivity contribution in [3.05, 3.63) is 71.8 Å². The normalized spacial score (nSPS) is 20.5. The van der Waals surface area contributed by atoms with Crippen molar-refractivity contribution in [3.8, 4) is 0 Å². The lowest BCUT2D eigenvalue weighted by Gasteiger charge is -2.26. The van der Waals surface area contributed by atoms with Crippen LogP contribution in [0.4, 0.5) is 0 Å². The molecule has 1 fully saturated rings. The highest BCUT2D eigenvalue weighted by Crippen LogP contribution is 2.30. The molecule has 2 aromatic rings. The maximum Gasteiger partial charge on any atom is 0.330 e. The average molecular weight is 369 g/mol. The summed E-state index contributed by atoms with van der Waals surface area (Å²) in [4.78, 5) is 24.4. The van der Waals surface area contributed by atoms with Gasteiger partial charge in [0.05, 0.1) is 0 Å². The second-order valence-electron chi connectivity index (χ2n) is 6.74. The molecule has 1 saturated heterocycles. The number of rotatable bonds is 7. The number of carbonyl (C=O) groups is 2. The molecular formula is C21H23NO3S. The molecule has 1 amide bonds. The van der Waals surface area contributed by atoms with Gasteiger partial charge in [-0.25, -0.2) is 4.79 Å². The lowest BCUT2D eigenvalue weighted by molar-refractivity contribution is -0.146. The first kappa shape index (κ1) is 18.5. The van der Waals surface area contributed by atoms with Crippen LogP contribution in [-0.4, -0.2) is 34.0 Å². The summed E-state index contributed by atoms with van der Waals surface area (Å²) >= 11 is 1.57. The van der Waals surface area contributed by atoms with Crippen molar-refractivity contribution in [2.75, 3.05) is 11.5 Å². The summed E-state index contributed by atoms with van der Waals surface area (Å²) in [5.74, 6) is 0.0786. The van der Waals surface area contributed by atoms with Gasteiger partial charge in [0, 0.05) is 12.2 Å². The predicted molar refractivity (Wildman–Crippen MR) is 104 cm³/mol. The van der Waals surface area contributed by atoms with Crippen molar-refractivity contribution in [1.82, 2.24) is 5.32 Å². The zero-order valence-corrected chi connectivity index (χ0v) is 15.4. The second kappa shape index (κ2) is 8.41. The van der Waals surface area contributed by atoms with Crippen LogP contribution in [0.15, 0.2) is 60.7 Å². The van der Waals surface area contributed by atoms with E-state index < -0.39 is 11.5 Å². The van der Waals surface area contributed by atoms with Crippen molar-refractivity contribution in [2.24, 2.45) is 0 Å². The Kier molecular flexibility index (Phi) is 5.99. The first-order chi connectivity index (χ1) is 12.6. The van der Waals surface area contributed by atoms with Crippen LogP contribution < -0.4 is 5.32 Å². The Morgan fingerprint density at radius 2 is 1.73 bits per heavy atom. The lowest BCUT2D eigenvalue weighted by Crippen LogP contribution is -2.55. The number of thioether (sulfide) groups is 1. The van der Waals surface area contributed by atoms with Crippen molar-refractivity contribution in [2.45, 2.75) is 30.7 Å².